The molecular formula is C16H16N2O2. The summed E-state index contributed by atoms with van der Waals surface area (Å²) in [5, 5.41) is 12.2. The number of aliphatic hydroxyl groups is 1. The van der Waals surface area contributed by atoms with E-state index in [4.69, 9.17) is 16.3 Å². The van der Waals surface area contributed by atoms with Crippen molar-refractivity contribution in [2.45, 2.75) is 13.2 Å². The van der Waals surface area contributed by atoms with Gasteiger partial charge in [-0.25, -0.2) is 4.98 Å². The third-order valence-electron chi connectivity index (χ3n) is 2.75. The minimum absolute atomic E-state index is 0.00393. The van der Waals surface area contributed by atoms with Gasteiger partial charge in [-0.2, -0.15) is 0 Å². The van der Waals surface area contributed by atoms with Gasteiger partial charge in [0, 0.05) is 18.3 Å². The van der Waals surface area contributed by atoms with Crippen LogP contribution in [-0.2, 0) is 13.2 Å². The highest BCUT2D eigenvalue weighted by molar-refractivity contribution is 5.40. The van der Waals surface area contributed by atoms with Crippen LogP contribution < -0.4 is 10.1 Å². The van der Waals surface area contributed by atoms with Crippen molar-refractivity contribution in [3.8, 4) is 18.1 Å². The van der Waals surface area contributed by atoms with Crippen molar-refractivity contribution in [1.82, 2.24) is 4.98 Å². The number of anilines is 1. The molecule has 2 rings (SSSR count). The van der Waals surface area contributed by atoms with Crippen LogP contribution in [0.15, 0.2) is 42.6 Å². The molecule has 0 aliphatic rings. The standard InChI is InChI=1S/C16H16N2O2/c1-2-9-20-15-6-4-3-5-14(15)11-18-16-8-7-13(12-19)10-17-16/h1,3-8,10,19H,9,11-12H2,(H,17,18). The van der Waals surface area contributed by atoms with Crippen LogP contribution in [0.4, 0.5) is 5.82 Å². The summed E-state index contributed by atoms with van der Waals surface area (Å²) in [6.45, 7) is 0.836. The van der Waals surface area contributed by atoms with Crippen molar-refractivity contribution >= 4 is 5.82 Å². The number of pyridine rings is 1. The average molecular weight is 268 g/mol. The summed E-state index contributed by atoms with van der Waals surface area (Å²) < 4.78 is 5.48. The number of rotatable bonds is 6. The molecule has 0 radical (unpaired) electrons. The number of terminal acetylenes is 1. The van der Waals surface area contributed by atoms with E-state index in [-0.39, 0.29) is 13.2 Å². The minimum atomic E-state index is -0.00393. The second-order valence-corrected chi connectivity index (χ2v) is 4.16. The molecule has 1 aromatic heterocycles. The molecule has 0 saturated carbocycles. The van der Waals surface area contributed by atoms with Crippen LogP contribution in [0, 0.1) is 12.3 Å². The summed E-state index contributed by atoms with van der Waals surface area (Å²) in [4.78, 5) is 4.21. The van der Waals surface area contributed by atoms with E-state index in [2.05, 4.69) is 16.2 Å². The Bertz CT molecular complexity index is 588. The van der Waals surface area contributed by atoms with Crippen LogP contribution in [-0.4, -0.2) is 16.7 Å². The smallest absolute Gasteiger partial charge is 0.148 e. The Morgan fingerprint density at radius 2 is 2.10 bits per heavy atom. The Morgan fingerprint density at radius 1 is 1.25 bits per heavy atom. The molecular weight excluding hydrogens is 252 g/mol. The van der Waals surface area contributed by atoms with Crippen LogP contribution in [0.2, 0.25) is 0 Å². The lowest BCUT2D eigenvalue weighted by molar-refractivity contribution is 0.281. The number of para-hydroxylation sites is 1. The zero-order chi connectivity index (χ0) is 14.2. The highest BCUT2D eigenvalue weighted by atomic mass is 16.5. The predicted molar refractivity (Wildman–Crippen MR) is 78.3 cm³/mol. The zero-order valence-electron chi connectivity index (χ0n) is 11.0. The molecule has 0 aliphatic heterocycles. The Balaban J connectivity index is 2.01. The van der Waals surface area contributed by atoms with Gasteiger partial charge >= 0.3 is 0 Å². The van der Waals surface area contributed by atoms with Gasteiger partial charge in [0.05, 0.1) is 6.61 Å². The lowest BCUT2D eigenvalue weighted by Crippen LogP contribution is -2.04. The van der Waals surface area contributed by atoms with Crippen LogP contribution in [0.25, 0.3) is 0 Å². The third kappa shape index (κ3) is 3.74. The van der Waals surface area contributed by atoms with E-state index in [0.29, 0.717) is 6.54 Å². The first-order valence-corrected chi connectivity index (χ1v) is 6.27. The molecule has 0 aliphatic carbocycles. The first kappa shape index (κ1) is 13.9. The van der Waals surface area contributed by atoms with Crippen molar-refractivity contribution in [2.24, 2.45) is 0 Å². The highest BCUT2D eigenvalue weighted by Crippen LogP contribution is 2.19. The summed E-state index contributed by atoms with van der Waals surface area (Å²) in [5.41, 5.74) is 1.80. The molecule has 0 spiro atoms. The molecule has 4 nitrogen and oxygen atoms in total. The molecule has 2 N–H and O–H groups in total. The molecule has 0 saturated heterocycles. The van der Waals surface area contributed by atoms with Crippen molar-refractivity contribution in [2.75, 3.05) is 11.9 Å². The van der Waals surface area contributed by atoms with Crippen molar-refractivity contribution in [3.63, 3.8) is 0 Å². The second-order valence-electron chi connectivity index (χ2n) is 4.16. The SMILES string of the molecule is C#CCOc1ccccc1CNc1ccc(CO)cn1. The average Bonchev–Trinajstić information content (AvgIpc) is 2.52. The van der Waals surface area contributed by atoms with E-state index < -0.39 is 0 Å². The molecule has 1 heterocycles. The van der Waals surface area contributed by atoms with Crippen LogP contribution >= 0.6 is 0 Å². The third-order valence-corrected chi connectivity index (χ3v) is 2.75. The maximum atomic E-state index is 8.96. The van der Waals surface area contributed by atoms with E-state index in [1.807, 2.05) is 36.4 Å². The van der Waals surface area contributed by atoms with Crippen molar-refractivity contribution in [1.29, 1.82) is 0 Å². The monoisotopic (exact) mass is 268 g/mol. The van der Waals surface area contributed by atoms with Gasteiger partial charge in [-0.15, -0.1) is 6.42 Å². The number of aromatic nitrogens is 1. The van der Waals surface area contributed by atoms with Gasteiger partial charge in [0.2, 0.25) is 0 Å². The molecule has 102 valence electrons. The molecule has 20 heavy (non-hydrogen) atoms. The second kappa shape index (κ2) is 7.17. The number of benzene rings is 1. The van der Waals surface area contributed by atoms with Crippen LogP contribution in [0.5, 0.6) is 5.75 Å². The fraction of sp³-hybridized carbons (Fsp3) is 0.188. The fourth-order valence-corrected chi connectivity index (χ4v) is 1.72. The van der Waals surface area contributed by atoms with Crippen LogP contribution in [0.1, 0.15) is 11.1 Å². The Hall–Kier alpha value is -2.51. The molecule has 1 aromatic carbocycles. The summed E-state index contributed by atoms with van der Waals surface area (Å²) in [6.07, 6.45) is 6.84. The number of ether oxygens (including phenoxy) is 1. The van der Waals surface area contributed by atoms with E-state index in [1.165, 1.54) is 0 Å². The molecule has 0 fully saturated rings. The fourth-order valence-electron chi connectivity index (χ4n) is 1.72. The van der Waals surface area contributed by atoms with E-state index in [0.717, 1.165) is 22.7 Å². The molecule has 4 heteroatoms. The van der Waals surface area contributed by atoms with Gasteiger partial charge in [-0.1, -0.05) is 30.2 Å². The topological polar surface area (TPSA) is 54.4 Å². The highest BCUT2D eigenvalue weighted by Gasteiger charge is 2.03. The van der Waals surface area contributed by atoms with E-state index >= 15 is 0 Å². The van der Waals surface area contributed by atoms with Gasteiger partial charge in [0.25, 0.3) is 0 Å². The van der Waals surface area contributed by atoms with Gasteiger partial charge in [-0.3, -0.25) is 0 Å². The number of aliphatic hydroxyl groups excluding tert-OH is 1. The summed E-state index contributed by atoms with van der Waals surface area (Å²) in [6, 6.07) is 11.4. The lowest BCUT2D eigenvalue weighted by Gasteiger charge is -2.11. The molecule has 2 aromatic rings. The molecule has 0 unspecified atom stereocenters. The number of hydrogen-bond acceptors (Lipinski definition) is 4. The minimum Gasteiger partial charge on any atom is -0.481 e. The number of nitrogens with one attached hydrogen (secondary N) is 1. The van der Waals surface area contributed by atoms with Gasteiger partial charge in [-0.05, 0) is 17.7 Å². The molecule has 0 amide bonds. The van der Waals surface area contributed by atoms with Gasteiger partial charge < -0.3 is 15.2 Å². The molecule has 0 bridgehead atoms. The normalized spacial score (nSPS) is 9.80. The number of hydrogen-bond donors (Lipinski definition) is 2. The maximum Gasteiger partial charge on any atom is 0.148 e. The van der Waals surface area contributed by atoms with Crippen molar-refractivity contribution in [3.05, 3.63) is 53.7 Å². The Kier molecular flexibility index (Phi) is 4.99. The zero-order valence-corrected chi connectivity index (χ0v) is 11.0. The van der Waals surface area contributed by atoms with Crippen LogP contribution in [0.3, 0.4) is 0 Å². The van der Waals surface area contributed by atoms with E-state index in [1.54, 1.807) is 6.20 Å². The number of nitrogens with zero attached hydrogens (tertiary/aromatic N) is 1. The summed E-state index contributed by atoms with van der Waals surface area (Å²) in [7, 11) is 0. The van der Waals surface area contributed by atoms with Gasteiger partial charge in [0.15, 0.2) is 0 Å². The molecule has 0 atom stereocenters. The van der Waals surface area contributed by atoms with E-state index in [9.17, 15) is 0 Å². The lowest BCUT2D eigenvalue weighted by atomic mass is 10.2. The predicted octanol–water partition coefficient (Wildman–Crippen LogP) is 2.20. The first-order valence-electron chi connectivity index (χ1n) is 6.27. The quantitative estimate of drug-likeness (QED) is 0.789. The Labute approximate surface area is 118 Å². The van der Waals surface area contributed by atoms with Crippen molar-refractivity contribution < 1.29 is 9.84 Å². The largest absolute Gasteiger partial charge is 0.481 e. The maximum absolute atomic E-state index is 8.96. The Morgan fingerprint density at radius 3 is 2.80 bits per heavy atom. The first-order chi connectivity index (χ1) is 9.83. The summed E-state index contributed by atoms with van der Waals surface area (Å²) in [5.74, 6) is 3.96. The van der Waals surface area contributed by atoms with Gasteiger partial charge in [0.1, 0.15) is 18.2 Å². The summed E-state index contributed by atoms with van der Waals surface area (Å²) >= 11 is 0.